The second-order valence-corrected chi connectivity index (χ2v) is 3.41. The Morgan fingerprint density at radius 2 is 2.00 bits per heavy atom. The number of carbonyl (C=O) groups is 1. The maximum atomic E-state index is 10.7. The molecule has 0 spiro atoms. The third kappa shape index (κ3) is 6.16. The lowest BCUT2D eigenvalue weighted by atomic mass is 10.0. The predicted octanol–water partition coefficient (Wildman–Crippen LogP) is 1.35. The van der Waals surface area contributed by atoms with Crippen molar-refractivity contribution < 1.29 is 14.6 Å². The highest BCUT2D eigenvalue weighted by atomic mass is 16.5. The molecule has 0 amide bonds. The molecule has 1 N–H and O–H groups in total. The lowest BCUT2D eigenvalue weighted by Gasteiger charge is -2.10. The Labute approximate surface area is 73.7 Å². The fourth-order valence-electron chi connectivity index (χ4n) is 0.904. The lowest BCUT2D eigenvalue weighted by molar-refractivity contribution is -0.142. The van der Waals surface area contributed by atoms with Crippen LogP contribution in [0.15, 0.2) is 0 Å². The largest absolute Gasteiger partial charge is 0.469 e. The fraction of sp³-hybridized carbons (Fsp3) is 0.889. The van der Waals surface area contributed by atoms with E-state index in [0.29, 0.717) is 12.3 Å². The first-order valence-electron chi connectivity index (χ1n) is 4.31. The van der Waals surface area contributed by atoms with E-state index in [4.69, 9.17) is 0 Å². The monoisotopic (exact) mass is 174 g/mol. The Bertz CT molecular complexity index is 132. The topological polar surface area (TPSA) is 46.5 Å². The van der Waals surface area contributed by atoms with E-state index in [1.54, 1.807) is 0 Å². The van der Waals surface area contributed by atoms with Crippen molar-refractivity contribution in [3.05, 3.63) is 0 Å². The quantitative estimate of drug-likeness (QED) is 0.640. The van der Waals surface area contributed by atoms with Crippen LogP contribution in [0.4, 0.5) is 0 Å². The molecular weight excluding hydrogens is 156 g/mol. The molecular formula is C9H18O3. The third-order valence-electron chi connectivity index (χ3n) is 1.71. The molecule has 3 heteroatoms. The van der Waals surface area contributed by atoms with Gasteiger partial charge in [0, 0.05) is 0 Å². The summed E-state index contributed by atoms with van der Waals surface area (Å²) in [7, 11) is 1.33. The van der Waals surface area contributed by atoms with Crippen LogP contribution in [0.5, 0.6) is 0 Å². The summed E-state index contributed by atoms with van der Waals surface area (Å²) >= 11 is 0. The minimum Gasteiger partial charge on any atom is -0.469 e. The van der Waals surface area contributed by atoms with Gasteiger partial charge in [0.2, 0.25) is 0 Å². The summed E-state index contributed by atoms with van der Waals surface area (Å²) in [5.41, 5.74) is 0. The van der Waals surface area contributed by atoms with Crippen LogP contribution in [-0.4, -0.2) is 24.3 Å². The fourth-order valence-corrected chi connectivity index (χ4v) is 0.904. The van der Waals surface area contributed by atoms with Gasteiger partial charge in [-0.15, -0.1) is 0 Å². The van der Waals surface area contributed by atoms with Crippen LogP contribution in [0.1, 0.15) is 33.1 Å². The van der Waals surface area contributed by atoms with E-state index in [1.165, 1.54) is 7.11 Å². The number of methoxy groups -OCH3 is 1. The molecule has 0 heterocycles. The van der Waals surface area contributed by atoms with Gasteiger partial charge < -0.3 is 9.84 Å². The summed E-state index contributed by atoms with van der Waals surface area (Å²) < 4.78 is 4.43. The summed E-state index contributed by atoms with van der Waals surface area (Å²) in [5.74, 6) is 0.226. The van der Waals surface area contributed by atoms with Crippen LogP contribution in [0.2, 0.25) is 0 Å². The van der Waals surface area contributed by atoms with Gasteiger partial charge in [0.1, 0.15) is 0 Å². The third-order valence-corrected chi connectivity index (χ3v) is 1.71. The van der Waals surface area contributed by atoms with Crippen LogP contribution in [0.25, 0.3) is 0 Å². The maximum absolute atomic E-state index is 10.7. The molecule has 1 atom stereocenters. The zero-order valence-electron chi connectivity index (χ0n) is 8.04. The first kappa shape index (κ1) is 11.4. The number of aliphatic hydroxyl groups is 1. The number of hydrogen-bond acceptors (Lipinski definition) is 3. The Morgan fingerprint density at radius 1 is 1.42 bits per heavy atom. The van der Waals surface area contributed by atoms with Crippen molar-refractivity contribution in [3.63, 3.8) is 0 Å². The van der Waals surface area contributed by atoms with Crippen LogP contribution in [0, 0.1) is 5.92 Å². The molecule has 72 valence electrons. The highest BCUT2D eigenvalue weighted by Crippen LogP contribution is 2.09. The van der Waals surface area contributed by atoms with Gasteiger partial charge in [-0.2, -0.15) is 0 Å². The Kier molecular flexibility index (Phi) is 5.72. The first-order valence-corrected chi connectivity index (χ1v) is 4.31. The van der Waals surface area contributed by atoms with Crippen molar-refractivity contribution in [2.75, 3.05) is 7.11 Å². The van der Waals surface area contributed by atoms with Crippen molar-refractivity contribution in [2.24, 2.45) is 5.92 Å². The molecule has 0 saturated heterocycles. The molecule has 3 nitrogen and oxygen atoms in total. The van der Waals surface area contributed by atoms with Crippen molar-refractivity contribution in [1.29, 1.82) is 0 Å². The van der Waals surface area contributed by atoms with Gasteiger partial charge >= 0.3 is 5.97 Å². The van der Waals surface area contributed by atoms with E-state index in [1.807, 2.05) is 0 Å². The summed E-state index contributed by atoms with van der Waals surface area (Å²) in [4.78, 5) is 10.7. The van der Waals surface area contributed by atoms with Crippen LogP contribution in [0.3, 0.4) is 0 Å². The maximum Gasteiger partial charge on any atom is 0.308 e. The van der Waals surface area contributed by atoms with Crippen LogP contribution in [-0.2, 0) is 9.53 Å². The SMILES string of the molecule is COC(=O)C[C@@H](O)CCC(C)C. The predicted molar refractivity (Wildman–Crippen MR) is 46.7 cm³/mol. The van der Waals surface area contributed by atoms with Gasteiger partial charge in [-0.25, -0.2) is 0 Å². The number of aliphatic hydroxyl groups excluding tert-OH is 1. The summed E-state index contributed by atoms with van der Waals surface area (Å²) in [6.07, 6.45) is 1.19. The molecule has 0 radical (unpaired) electrons. The standard InChI is InChI=1S/C9H18O3/c1-7(2)4-5-8(10)6-9(11)12-3/h7-8,10H,4-6H2,1-3H3/t8-/m0/s1. The average Bonchev–Trinajstić information content (AvgIpc) is 2.00. The van der Waals surface area contributed by atoms with Gasteiger partial charge in [0.15, 0.2) is 0 Å². The minimum atomic E-state index is -0.542. The number of hydrogen-bond donors (Lipinski definition) is 1. The Morgan fingerprint density at radius 3 is 2.42 bits per heavy atom. The lowest BCUT2D eigenvalue weighted by Crippen LogP contribution is -2.15. The minimum absolute atomic E-state index is 0.114. The van der Waals surface area contributed by atoms with Crippen LogP contribution >= 0.6 is 0 Å². The smallest absolute Gasteiger partial charge is 0.308 e. The van der Waals surface area contributed by atoms with Crippen molar-refractivity contribution in [1.82, 2.24) is 0 Å². The molecule has 0 aromatic carbocycles. The average molecular weight is 174 g/mol. The Balaban J connectivity index is 3.45. The molecule has 0 aromatic heterocycles. The van der Waals surface area contributed by atoms with Gasteiger partial charge in [-0.1, -0.05) is 13.8 Å². The van der Waals surface area contributed by atoms with Crippen molar-refractivity contribution >= 4 is 5.97 Å². The first-order chi connectivity index (χ1) is 5.56. The second-order valence-electron chi connectivity index (χ2n) is 3.41. The molecule has 0 rings (SSSR count). The molecule has 0 saturated carbocycles. The van der Waals surface area contributed by atoms with E-state index in [0.717, 1.165) is 6.42 Å². The van der Waals surface area contributed by atoms with E-state index in [9.17, 15) is 9.90 Å². The molecule has 0 aliphatic rings. The molecule has 0 fully saturated rings. The zero-order chi connectivity index (χ0) is 9.56. The molecule has 0 aliphatic carbocycles. The van der Waals surface area contributed by atoms with Gasteiger partial charge in [0.25, 0.3) is 0 Å². The zero-order valence-corrected chi connectivity index (χ0v) is 8.04. The van der Waals surface area contributed by atoms with Gasteiger partial charge in [-0.3, -0.25) is 4.79 Å². The summed E-state index contributed by atoms with van der Waals surface area (Å²) in [6, 6.07) is 0. The Hall–Kier alpha value is -0.570. The molecule has 0 aliphatic heterocycles. The number of rotatable bonds is 5. The second kappa shape index (κ2) is 6.00. The molecule has 0 aromatic rings. The van der Waals surface area contributed by atoms with Gasteiger partial charge in [0.05, 0.1) is 19.6 Å². The van der Waals surface area contributed by atoms with E-state index < -0.39 is 6.10 Å². The van der Waals surface area contributed by atoms with Crippen molar-refractivity contribution in [2.45, 2.75) is 39.2 Å². The van der Waals surface area contributed by atoms with E-state index in [-0.39, 0.29) is 12.4 Å². The summed E-state index contributed by atoms with van der Waals surface area (Å²) in [5, 5.41) is 9.30. The van der Waals surface area contributed by atoms with Crippen molar-refractivity contribution in [3.8, 4) is 0 Å². The highest BCUT2D eigenvalue weighted by molar-refractivity contribution is 5.69. The number of esters is 1. The van der Waals surface area contributed by atoms with Crippen LogP contribution < -0.4 is 0 Å². The van der Waals surface area contributed by atoms with Gasteiger partial charge in [-0.05, 0) is 18.8 Å². The molecule has 0 unspecified atom stereocenters. The molecule has 12 heavy (non-hydrogen) atoms. The number of ether oxygens (including phenoxy) is 1. The number of carbonyl (C=O) groups excluding carboxylic acids is 1. The van der Waals surface area contributed by atoms with E-state index >= 15 is 0 Å². The van der Waals surface area contributed by atoms with E-state index in [2.05, 4.69) is 18.6 Å². The highest BCUT2D eigenvalue weighted by Gasteiger charge is 2.10. The summed E-state index contributed by atoms with van der Waals surface area (Å²) in [6.45, 7) is 4.18. The molecule has 0 bridgehead atoms. The normalized spacial score (nSPS) is 13.1.